The molecule has 0 saturated carbocycles. The van der Waals surface area contributed by atoms with Gasteiger partial charge in [-0.25, -0.2) is 4.79 Å². The Morgan fingerprint density at radius 2 is 1.94 bits per heavy atom. The molecule has 0 aromatic carbocycles. The first-order valence-electron chi connectivity index (χ1n) is 4.85. The maximum atomic E-state index is 13.2. The molecule has 0 aliphatic rings. The largest absolute Gasteiger partial charge is 0.455 e. The molecule has 1 rings (SSSR count). The first kappa shape index (κ1) is 13.2. The van der Waals surface area contributed by atoms with E-state index in [2.05, 4.69) is 4.98 Å². The van der Waals surface area contributed by atoms with Gasteiger partial charge in [-0.05, 0) is 32.9 Å². The molecule has 0 aliphatic carbocycles. The highest BCUT2D eigenvalue weighted by molar-refractivity contribution is 6.42. The lowest BCUT2D eigenvalue weighted by Gasteiger charge is -2.19. The minimum absolute atomic E-state index is 0.388. The van der Waals surface area contributed by atoms with Crippen LogP contribution in [0.1, 0.15) is 26.3 Å². The third-order valence-corrected chi connectivity index (χ3v) is 1.69. The molecule has 0 aliphatic heterocycles. The van der Waals surface area contributed by atoms with Crippen molar-refractivity contribution in [2.24, 2.45) is 0 Å². The first-order chi connectivity index (χ1) is 7.70. The van der Waals surface area contributed by atoms with E-state index in [1.54, 1.807) is 20.8 Å². The normalized spacial score (nSPS) is 11.1. The Labute approximate surface area is 97.1 Å². The molecule has 6 heteroatoms. The van der Waals surface area contributed by atoms with Gasteiger partial charge in [0.1, 0.15) is 5.60 Å². The molecule has 0 radical (unpaired) electrons. The number of nitrogens with one attached hydrogen (secondary N) is 1. The molecule has 0 atom stereocenters. The van der Waals surface area contributed by atoms with Crippen molar-refractivity contribution in [2.45, 2.75) is 26.4 Å². The molecule has 0 fully saturated rings. The predicted octanol–water partition coefficient (Wildman–Crippen LogP) is 2.07. The Bertz CT molecular complexity index is 467. The number of pyridine rings is 1. The van der Waals surface area contributed by atoms with E-state index >= 15 is 0 Å². The fraction of sp³-hybridized carbons (Fsp3) is 0.364. The van der Waals surface area contributed by atoms with Crippen molar-refractivity contribution in [3.8, 4) is 0 Å². The van der Waals surface area contributed by atoms with Crippen molar-refractivity contribution in [3.63, 3.8) is 0 Å². The van der Waals surface area contributed by atoms with Gasteiger partial charge in [-0.1, -0.05) is 0 Å². The van der Waals surface area contributed by atoms with Crippen LogP contribution in [0, 0.1) is 17.3 Å². The molecule has 17 heavy (non-hydrogen) atoms. The summed E-state index contributed by atoms with van der Waals surface area (Å²) in [6.45, 7) is 4.87. The highest BCUT2D eigenvalue weighted by atomic mass is 19.1. The number of halogens is 2. The maximum Gasteiger partial charge on any atom is 0.357 e. The van der Waals surface area contributed by atoms with Crippen LogP contribution in [0.25, 0.3) is 0 Å². The van der Waals surface area contributed by atoms with Gasteiger partial charge in [0.05, 0.1) is 5.56 Å². The molecule has 1 N–H and O–H groups in total. The smallest absolute Gasteiger partial charge is 0.357 e. The standard InChI is InChI=1S/C11H12F2N2O2/c1-11(2,3)17-10(16)8(14)6-4-5-7(12)15-9(6)13/h4-5,14H,1-3H3. The molecule has 4 nitrogen and oxygen atoms in total. The third kappa shape index (κ3) is 3.58. The van der Waals surface area contributed by atoms with Crippen molar-refractivity contribution in [2.75, 3.05) is 0 Å². The van der Waals surface area contributed by atoms with Gasteiger partial charge in [-0.15, -0.1) is 0 Å². The van der Waals surface area contributed by atoms with Gasteiger partial charge in [-0.3, -0.25) is 5.41 Å². The van der Waals surface area contributed by atoms with Crippen LogP contribution in [-0.2, 0) is 9.53 Å². The van der Waals surface area contributed by atoms with E-state index in [4.69, 9.17) is 10.1 Å². The number of hydrogen-bond donors (Lipinski definition) is 1. The second-order valence-corrected chi connectivity index (χ2v) is 4.35. The van der Waals surface area contributed by atoms with Crippen LogP contribution >= 0.6 is 0 Å². The van der Waals surface area contributed by atoms with Crippen LogP contribution in [0.2, 0.25) is 0 Å². The number of carbonyl (C=O) groups is 1. The minimum Gasteiger partial charge on any atom is -0.455 e. The second-order valence-electron chi connectivity index (χ2n) is 4.35. The third-order valence-electron chi connectivity index (χ3n) is 1.69. The Morgan fingerprint density at radius 3 is 2.41 bits per heavy atom. The van der Waals surface area contributed by atoms with Crippen molar-refractivity contribution in [1.29, 1.82) is 5.41 Å². The van der Waals surface area contributed by atoms with Crippen LogP contribution in [0.15, 0.2) is 12.1 Å². The lowest BCUT2D eigenvalue weighted by Crippen LogP contribution is -2.29. The van der Waals surface area contributed by atoms with E-state index in [1.807, 2.05) is 0 Å². The van der Waals surface area contributed by atoms with Gasteiger partial charge in [0, 0.05) is 0 Å². The van der Waals surface area contributed by atoms with Gasteiger partial charge in [0.2, 0.25) is 11.9 Å². The Morgan fingerprint density at radius 1 is 1.35 bits per heavy atom. The van der Waals surface area contributed by atoms with Gasteiger partial charge >= 0.3 is 5.97 Å². The van der Waals surface area contributed by atoms with Crippen LogP contribution < -0.4 is 0 Å². The average molecular weight is 242 g/mol. The summed E-state index contributed by atoms with van der Waals surface area (Å²) in [5.41, 5.74) is -1.86. The molecule has 1 heterocycles. The highest BCUT2D eigenvalue weighted by Crippen LogP contribution is 2.12. The number of rotatable bonds is 2. The fourth-order valence-electron chi connectivity index (χ4n) is 1.04. The zero-order chi connectivity index (χ0) is 13.2. The first-order valence-corrected chi connectivity index (χ1v) is 4.85. The van der Waals surface area contributed by atoms with Gasteiger partial charge in [0.15, 0.2) is 5.71 Å². The lowest BCUT2D eigenvalue weighted by molar-refractivity contribution is -0.146. The fourth-order valence-corrected chi connectivity index (χ4v) is 1.04. The summed E-state index contributed by atoms with van der Waals surface area (Å²) < 4.78 is 30.6. The molecule has 0 amide bonds. The Kier molecular flexibility index (Phi) is 3.55. The number of carbonyl (C=O) groups excluding carboxylic acids is 1. The number of aromatic nitrogens is 1. The molecule has 0 unspecified atom stereocenters. The number of esters is 1. The van der Waals surface area contributed by atoms with Crippen LogP contribution in [0.5, 0.6) is 0 Å². The lowest BCUT2D eigenvalue weighted by atomic mass is 10.1. The number of hydrogen-bond acceptors (Lipinski definition) is 4. The summed E-state index contributed by atoms with van der Waals surface area (Å²) in [6, 6.07) is 1.85. The predicted molar refractivity (Wildman–Crippen MR) is 56.8 cm³/mol. The zero-order valence-corrected chi connectivity index (χ0v) is 9.67. The summed E-state index contributed by atoms with van der Waals surface area (Å²) in [5, 5.41) is 7.45. The SMILES string of the molecule is CC(C)(C)OC(=O)C(=N)c1ccc(F)nc1F. The molecule has 0 spiro atoms. The number of ether oxygens (including phenoxy) is 1. The van der Waals surface area contributed by atoms with E-state index in [-0.39, 0.29) is 5.56 Å². The molecule has 1 aromatic heterocycles. The summed E-state index contributed by atoms with van der Waals surface area (Å²) in [7, 11) is 0. The van der Waals surface area contributed by atoms with Crippen LogP contribution in [0.3, 0.4) is 0 Å². The molecular formula is C11H12F2N2O2. The maximum absolute atomic E-state index is 13.2. The van der Waals surface area contributed by atoms with Crippen molar-refractivity contribution >= 4 is 11.7 Å². The van der Waals surface area contributed by atoms with E-state index in [0.717, 1.165) is 12.1 Å². The van der Waals surface area contributed by atoms with Crippen molar-refractivity contribution < 1.29 is 18.3 Å². The van der Waals surface area contributed by atoms with Crippen molar-refractivity contribution in [3.05, 3.63) is 29.6 Å². The molecule has 92 valence electrons. The van der Waals surface area contributed by atoms with Crippen LogP contribution in [0.4, 0.5) is 8.78 Å². The monoisotopic (exact) mass is 242 g/mol. The summed E-state index contributed by atoms with van der Waals surface area (Å²) >= 11 is 0. The molecule has 0 bridgehead atoms. The molecule has 1 aromatic rings. The summed E-state index contributed by atoms with van der Waals surface area (Å²) in [5.74, 6) is -3.20. The molecular weight excluding hydrogens is 230 g/mol. The quantitative estimate of drug-likeness (QED) is 0.490. The van der Waals surface area contributed by atoms with Gasteiger partial charge in [0.25, 0.3) is 0 Å². The second kappa shape index (κ2) is 4.57. The summed E-state index contributed by atoms with van der Waals surface area (Å²) in [4.78, 5) is 14.4. The topological polar surface area (TPSA) is 63.0 Å². The molecule has 0 saturated heterocycles. The Hall–Kier alpha value is -1.85. The van der Waals surface area contributed by atoms with Gasteiger partial charge in [-0.2, -0.15) is 13.8 Å². The highest BCUT2D eigenvalue weighted by Gasteiger charge is 2.23. The minimum atomic E-state index is -1.21. The van der Waals surface area contributed by atoms with E-state index in [1.165, 1.54) is 0 Å². The summed E-state index contributed by atoms with van der Waals surface area (Å²) in [6.07, 6.45) is 0. The Balaban J connectivity index is 2.94. The van der Waals surface area contributed by atoms with Crippen molar-refractivity contribution in [1.82, 2.24) is 4.98 Å². The van der Waals surface area contributed by atoms with E-state index in [9.17, 15) is 13.6 Å². The van der Waals surface area contributed by atoms with Gasteiger partial charge < -0.3 is 4.74 Å². The number of nitrogens with zero attached hydrogens (tertiary/aromatic N) is 1. The van der Waals surface area contributed by atoms with E-state index in [0.29, 0.717) is 0 Å². The average Bonchev–Trinajstić information content (AvgIpc) is 2.14. The van der Waals surface area contributed by atoms with Crippen LogP contribution in [-0.4, -0.2) is 22.3 Å². The van der Waals surface area contributed by atoms with E-state index < -0.39 is 29.2 Å². The zero-order valence-electron chi connectivity index (χ0n) is 9.67.